The zero-order valence-corrected chi connectivity index (χ0v) is 20.2. The molecule has 0 saturated heterocycles. The van der Waals surface area contributed by atoms with Crippen molar-refractivity contribution in [1.29, 1.82) is 0 Å². The first-order chi connectivity index (χ1) is 16.2. The van der Waals surface area contributed by atoms with E-state index in [0.29, 0.717) is 34.1 Å². The summed E-state index contributed by atoms with van der Waals surface area (Å²) in [5.74, 6) is 0.413. The molecule has 0 aliphatic rings. The molecule has 0 aliphatic carbocycles. The van der Waals surface area contributed by atoms with Crippen LogP contribution in [0.25, 0.3) is 34.3 Å². The van der Waals surface area contributed by atoms with E-state index in [0.717, 1.165) is 11.1 Å². The quantitative estimate of drug-likeness (QED) is 0.263. The number of hydrogen-bond donors (Lipinski definition) is 4. The molecular weight excluding hydrogens is 454 g/mol. The van der Waals surface area contributed by atoms with Crippen LogP contribution in [0.5, 0.6) is 5.75 Å². The number of aromatic nitrogens is 4. The summed E-state index contributed by atoms with van der Waals surface area (Å²) in [6, 6.07) is 12.2. The largest absolute Gasteiger partial charge is 0.507 e. The molecule has 0 atom stereocenters. The van der Waals surface area contributed by atoms with Crippen molar-refractivity contribution in [3.63, 3.8) is 0 Å². The predicted octanol–water partition coefficient (Wildman–Crippen LogP) is 5.60. The third-order valence-corrected chi connectivity index (χ3v) is 7.69. The average molecular weight is 486 g/mol. The Morgan fingerprint density at radius 2 is 1.76 bits per heavy atom. The maximum absolute atomic E-state index is 10.4. The molecule has 0 spiro atoms. The van der Waals surface area contributed by atoms with Crippen molar-refractivity contribution in [2.75, 3.05) is 7.05 Å². The summed E-state index contributed by atoms with van der Waals surface area (Å²) in [5, 5.41) is 21.4. The predicted molar refractivity (Wildman–Crippen MR) is 136 cm³/mol. The number of phenolic OH excluding ortho intramolecular Hbond substituents is 1. The van der Waals surface area contributed by atoms with Gasteiger partial charge in [-0.1, -0.05) is 18.2 Å². The number of benzene rings is 2. The van der Waals surface area contributed by atoms with Gasteiger partial charge in [-0.2, -0.15) is 10.6 Å². The summed E-state index contributed by atoms with van der Waals surface area (Å²) in [5.41, 5.74) is 3.73. The highest BCUT2D eigenvalue weighted by Crippen LogP contribution is 2.52. The number of nitrogens with zero attached hydrogens (tertiary/aromatic N) is 4. The van der Waals surface area contributed by atoms with Gasteiger partial charge in [0.2, 0.25) is 0 Å². The first-order valence-electron chi connectivity index (χ1n) is 10.7. The van der Waals surface area contributed by atoms with E-state index in [2.05, 4.69) is 25.5 Å². The van der Waals surface area contributed by atoms with Crippen LogP contribution in [0.1, 0.15) is 28.0 Å². The molecule has 4 N–H and O–H groups in total. The van der Waals surface area contributed by atoms with Gasteiger partial charge < -0.3 is 14.8 Å². The van der Waals surface area contributed by atoms with Crippen molar-refractivity contribution in [1.82, 2.24) is 25.5 Å². The summed E-state index contributed by atoms with van der Waals surface area (Å²) in [4.78, 5) is 9.56. The fourth-order valence-electron chi connectivity index (χ4n) is 3.39. The Morgan fingerprint density at radius 1 is 1.06 bits per heavy atom. The molecule has 0 amide bonds. The number of hydrogen-bond acceptors (Lipinski definition) is 9. The third kappa shape index (κ3) is 4.66. The van der Waals surface area contributed by atoms with Crippen LogP contribution in [0.4, 0.5) is 0 Å². The Morgan fingerprint density at radius 3 is 2.41 bits per heavy atom. The maximum Gasteiger partial charge on any atom is 0.268 e. The Labute approximate surface area is 202 Å². The van der Waals surface area contributed by atoms with Gasteiger partial charge in [0.15, 0.2) is 0 Å². The van der Waals surface area contributed by atoms with Crippen LogP contribution in [0.15, 0.2) is 58.0 Å². The molecule has 0 fully saturated rings. The topological polar surface area (TPSA) is 137 Å². The Kier molecular flexibility index (Phi) is 6.67. The molecule has 182 valence electrons. The monoisotopic (exact) mass is 485 g/mol. The number of aryl methyl sites for hydroxylation is 1. The second-order valence-corrected chi connectivity index (χ2v) is 10.7. The highest BCUT2D eigenvalue weighted by Gasteiger charge is 2.21. The van der Waals surface area contributed by atoms with E-state index in [-0.39, 0.29) is 25.6 Å². The van der Waals surface area contributed by atoms with Crippen molar-refractivity contribution in [3.05, 3.63) is 59.9 Å². The van der Waals surface area contributed by atoms with E-state index in [9.17, 15) is 14.2 Å². The highest BCUT2D eigenvalue weighted by atomic mass is 32.3. The lowest BCUT2D eigenvalue weighted by molar-refractivity contribution is 0.472. The van der Waals surface area contributed by atoms with Gasteiger partial charge in [0.25, 0.3) is 11.8 Å². The molecule has 4 aromatic rings. The lowest BCUT2D eigenvalue weighted by Gasteiger charge is -2.36. The van der Waals surface area contributed by atoms with Crippen LogP contribution in [0.3, 0.4) is 0 Å². The summed E-state index contributed by atoms with van der Waals surface area (Å²) >= 11 is 0. The molecule has 2 aromatic carbocycles. The van der Waals surface area contributed by atoms with E-state index >= 15 is 0 Å². The lowest BCUT2D eigenvalue weighted by Crippen LogP contribution is -2.10. The van der Waals surface area contributed by atoms with Gasteiger partial charge in [0, 0.05) is 20.2 Å². The van der Waals surface area contributed by atoms with Crippen LogP contribution in [-0.4, -0.2) is 46.7 Å². The van der Waals surface area contributed by atoms with Gasteiger partial charge >= 0.3 is 0 Å². The SMILES string of the molecule is CNCc1ccc(-c2nnc(-c3nc(-c4ccc(S(O)(O)C(C)C)cc4)cnc3C)o2)c(O)c1.[HH].[HH]. The molecule has 0 aliphatic heterocycles. The number of aromatic hydroxyl groups is 1. The van der Waals surface area contributed by atoms with Gasteiger partial charge in [-0.25, -0.2) is 4.98 Å². The molecule has 2 aromatic heterocycles. The van der Waals surface area contributed by atoms with Gasteiger partial charge in [-0.15, -0.1) is 10.2 Å². The standard InChI is InChI=1S/C24H27N5O4S.2H2/c1-14(2)34(31,32)18-8-6-17(7-9-18)20-13-26-15(3)22(27-20)24-29-28-23(33-24)19-10-5-16(12-25-4)11-21(19)30;;/h5-11,13-14,25,30-32H,12H2,1-4H3;2*1H. The molecule has 0 unspecified atom stereocenters. The Bertz CT molecular complexity index is 1320. The first-order valence-corrected chi connectivity index (χ1v) is 12.3. The van der Waals surface area contributed by atoms with E-state index in [4.69, 9.17) is 4.42 Å². The lowest BCUT2D eigenvalue weighted by atomic mass is 10.1. The van der Waals surface area contributed by atoms with Crippen molar-refractivity contribution in [3.8, 4) is 40.0 Å². The fraction of sp³-hybridized carbons (Fsp3) is 0.250. The molecule has 9 nitrogen and oxygen atoms in total. The van der Waals surface area contributed by atoms with Crippen molar-refractivity contribution >= 4 is 10.6 Å². The smallest absolute Gasteiger partial charge is 0.268 e. The molecule has 0 radical (unpaired) electrons. The van der Waals surface area contributed by atoms with Crippen LogP contribution in [0, 0.1) is 6.92 Å². The zero-order valence-electron chi connectivity index (χ0n) is 19.4. The molecule has 0 saturated carbocycles. The molecule has 34 heavy (non-hydrogen) atoms. The minimum Gasteiger partial charge on any atom is -0.507 e. The molecule has 10 heteroatoms. The summed E-state index contributed by atoms with van der Waals surface area (Å²) in [6.45, 7) is 5.97. The maximum atomic E-state index is 10.4. The van der Waals surface area contributed by atoms with Gasteiger partial charge in [-0.05, 0) is 57.6 Å². The summed E-state index contributed by atoms with van der Waals surface area (Å²) in [6.07, 6.45) is 1.64. The van der Waals surface area contributed by atoms with E-state index in [1.54, 1.807) is 63.4 Å². The molecule has 2 heterocycles. The highest BCUT2D eigenvalue weighted by molar-refractivity contribution is 8.24. The van der Waals surface area contributed by atoms with Crippen molar-refractivity contribution < 1.29 is 21.5 Å². The van der Waals surface area contributed by atoms with E-state index < -0.39 is 10.6 Å². The second kappa shape index (κ2) is 9.51. The van der Waals surface area contributed by atoms with Crippen LogP contribution in [-0.2, 0) is 6.54 Å². The number of rotatable bonds is 7. The molecule has 4 rings (SSSR count). The normalized spacial score (nSPS) is 12.3. The average Bonchev–Trinajstić information content (AvgIpc) is 3.29. The van der Waals surface area contributed by atoms with Crippen molar-refractivity contribution in [2.45, 2.75) is 37.5 Å². The Balaban J connectivity index is 0.00000228. The summed E-state index contributed by atoms with van der Waals surface area (Å²) in [7, 11) is -1.03. The minimum atomic E-state index is -2.86. The summed E-state index contributed by atoms with van der Waals surface area (Å²) < 4.78 is 26.6. The fourth-order valence-corrected chi connectivity index (χ4v) is 4.47. The van der Waals surface area contributed by atoms with Crippen molar-refractivity contribution in [2.24, 2.45) is 0 Å². The Hall–Kier alpha value is -3.31. The van der Waals surface area contributed by atoms with Gasteiger partial charge in [-0.3, -0.25) is 14.1 Å². The van der Waals surface area contributed by atoms with E-state index in [1.807, 2.05) is 13.1 Å². The van der Waals surface area contributed by atoms with E-state index in [1.165, 1.54) is 0 Å². The van der Waals surface area contributed by atoms with Gasteiger partial charge in [0.05, 0.1) is 28.0 Å². The first kappa shape index (κ1) is 23.8. The molecule has 0 bridgehead atoms. The molecular formula is C24H31N5O4S. The number of phenols is 1. The number of nitrogens with one attached hydrogen (secondary N) is 1. The van der Waals surface area contributed by atoms with Crippen LogP contribution < -0.4 is 5.32 Å². The van der Waals surface area contributed by atoms with Gasteiger partial charge in [0.1, 0.15) is 11.4 Å². The second-order valence-electron chi connectivity index (χ2n) is 8.15. The minimum absolute atomic E-state index is 0. The zero-order chi connectivity index (χ0) is 24.5. The van der Waals surface area contributed by atoms with Crippen LogP contribution >= 0.6 is 10.6 Å². The third-order valence-electron chi connectivity index (χ3n) is 5.41. The van der Waals surface area contributed by atoms with Crippen LogP contribution in [0.2, 0.25) is 0 Å².